The van der Waals surface area contributed by atoms with Crippen molar-refractivity contribution in [3.63, 3.8) is 0 Å². The van der Waals surface area contributed by atoms with Crippen LogP contribution in [0, 0.1) is 0 Å². The Morgan fingerprint density at radius 1 is 1.08 bits per heavy atom. The van der Waals surface area contributed by atoms with Gasteiger partial charge in [0.25, 0.3) is 0 Å². The zero-order valence-electron chi connectivity index (χ0n) is 13.1. The summed E-state index contributed by atoms with van der Waals surface area (Å²) in [7, 11) is 0. The molecule has 0 saturated carbocycles. The number of nitrogens with one attached hydrogen (secondary N) is 2. The smallest absolute Gasteiger partial charge is 0.347 e. The molecule has 25 heavy (non-hydrogen) atoms. The van der Waals surface area contributed by atoms with Crippen LogP contribution in [0.1, 0.15) is 16.3 Å². The minimum atomic E-state index is -4.48. The van der Waals surface area contributed by atoms with Crippen LogP contribution < -0.4 is 10.6 Å². The molecule has 134 valence electrons. The van der Waals surface area contributed by atoms with E-state index in [1.54, 1.807) is 10.7 Å². The summed E-state index contributed by atoms with van der Waals surface area (Å²) in [5.41, 5.74) is 1.67. The molecule has 2 amide bonds. The quantitative estimate of drug-likeness (QED) is 0.783. The summed E-state index contributed by atoms with van der Waals surface area (Å²) in [6.07, 6.45) is -3.85. The normalized spacial score (nSPS) is 11.2. The minimum Gasteiger partial charge on any atom is -0.347 e. The maximum Gasteiger partial charge on any atom is 0.405 e. The van der Waals surface area contributed by atoms with Gasteiger partial charge in [0.05, 0.1) is 23.7 Å². The Morgan fingerprint density at radius 3 is 2.48 bits per heavy atom. The van der Waals surface area contributed by atoms with Crippen molar-refractivity contribution in [1.82, 2.24) is 15.6 Å². The lowest BCUT2D eigenvalue weighted by molar-refractivity contribution is -0.138. The third-order valence-corrected chi connectivity index (χ3v) is 3.97. The number of carbonyl (C=O) groups excluding carboxylic acids is 2. The van der Waals surface area contributed by atoms with E-state index in [9.17, 15) is 22.8 Å². The average Bonchev–Trinajstić information content (AvgIpc) is 2.98. The first kappa shape index (κ1) is 18.9. The molecule has 2 aromatic rings. The first-order valence-electron chi connectivity index (χ1n) is 7.39. The monoisotopic (exact) mass is 371 g/mol. The first-order valence-corrected chi connectivity index (χ1v) is 8.27. The van der Waals surface area contributed by atoms with Gasteiger partial charge in [-0.2, -0.15) is 13.2 Å². The Kier molecular flexibility index (Phi) is 6.51. The van der Waals surface area contributed by atoms with Crippen LogP contribution in [0.4, 0.5) is 13.2 Å². The molecule has 2 N–H and O–H groups in total. The number of alkyl halides is 3. The standard InChI is InChI=1S/C16H16F3N3O2S/c17-16(18,19)10-21-14(24)8-20-13(23)7-12-9-25-15(22-12)6-11-4-2-1-3-5-11/h1-5,9H,6-8,10H2,(H,20,23)(H,21,24). The molecule has 0 aliphatic carbocycles. The Bertz CT molecular complexity index is 717. The van der Waals surface area contributed by atoms with Crippen molar-refractivity contribution in [2.24, 2.45) is 0 Å². The topological polar surface area (TPSA) is 71.1 Å². The number of hydrogen-bond donors (Lipinski definition) is 2. The van der Waals surface area contributed by atoms with Crippen LogP contribution in [0.3, 0.4) is 0 Å². The van der Waals surface area contributed by atoms with Crippen LogP contribution in [0.2, 0.25) is 0 Å². The Hall–Kier alpha value is -2.42. The number of nitrogens with zero attached hydrogens (tertiary/aromatic N) is 1. The van der Waals surface area contributed by atoms with Crippen LogP contribution in [0.25, 0.3) is 0 Å². The van der Waals surface area contributed by atoms with E-state index in [4.69, 9.17) is 0 Å². The van der Waals surface area contributed by atoms with E-state index in [0.717, 1.165) is 10.6 Å². The highest BCUT2D eigenvalue weighted by molar-refractivity contribution is 7.09. The predicted octanol–water partition coefficient (Wildman–Crippen LogP) is 2.07. The predicted molar refractivity (Wildman–Crippen MR) is 87.1 cm³/mol. The zero-order valence-corrected chi connectivity index (χ0v) is 13.9. The molecule has 5 nitrogen and oxygen atoms in total. The van der Waals surface area contributed by atoms with E-state index in [0.29, 0.717) is 12.1 Å². The molecule has 0 spiro atoms. The maximum absolute atomic E-state index is 12.0. The molecular formula is C16H16F3N3O2S. The molecular weight excluding hydrogens is 355 g/mol. The number of hydrogen-bond acceptors (Lipinski definition) is 4. The molecule has 2 rings (SSSR count). The van der Waals surface area contributed by atoms with Gasteiger partial charge in [0.15, 0.2) is 0 Å². The van der Waals surface area contributed by atoms with Gasteiger partial charge in [-0.25, -0.2) is 4.98 Å². The number of rotatable bonds is 7. The minimum absolute atomic E-state index is 0.0299. The summed E-state index contributed by atoms with van der Waals surface area (Å²) < 4.78 is 35.9. The van der Waals surface area contributed by atoms with E-state index >= 15 is 0 Å². The fourth-order valence-electron chi connectivity index (χ4n) is 1.95. The fourth-order valence-corrected chi connectivity index (χ4v) is 2.78. The van der Waals surface area contributed by atoms with Gasteiger partial charge < -0.3 is 10.6 Å². The Morgan fingerprint density at radius 2 is 1.80 bits per heavy atom. The maximum atomic E-state index is 12.0. The third kappa shape index (κ3) is 7.34. The SMILES string of the molecule is O=C(CNC(=O)Cc1csc(Cc2ccccc2)n1)NCC(F)(F)F. The number of halogens is 3. The van der Waals surface area contributed by atoms with Gasteiger partial charge in [0, 0.05) is 11.8 Å². The summed E-state index contributed by atoms with van der Waals surface area (Å²) in [6, 6.07) is 9.74. The molecule has 1 heterocycles. The molecule has 0 radical (unpaired) electrons. The van der Waals surface area contributed by atoms with Crippen molar-refractivity contribution in [2.75, 3.05) is 13.1 Å². The summed E-state index contributed by atoms with van der Waals surface area (Å²) in [5.74, 6) is -1.37. The van der Waals surface area contributed by atoms with Crippen molar-refractivity contribution in [3.8, 4) is 0 Å². The van der Waals surface area contributed by atoms with Gasteiger partial charge in [0.1, 0.15) is 6.54 Å². The average molecular weight is 371 g/mol. The zero-order chi connectivity index (χ0) is 18.3. The highest BCUT2D eigenvalue weighted by Gasteiger charge is 2.27. The second-order valence-corrected chi connectivity index (χ2v) is 6.18. The largest absolute Gasteiger partial charge is 0.405 e. The number of aromatic nitrogens is 1. The summed E-state index contributed by atoms with van der Waals surface area (Å²) >= 11 is 1.43. The fraction of sp³-hybridized carbons (Fsp3) is 0.312. The van der Waals surface area contributed by atoms with Gasteiger partial charge in [-0.3, -0.25) is 9.59 Å². The van der Waals surface area contributed by atoms with E-state index in [2.05, 4.69) is 10.3 Å². The van der Waals surface area contributed by atoms with Crippen molar-refractivity contribution in [2.45, 2.75) is 19.0 Å². The number of carbonyl (C=O) groups is 2. The van der Waals surface area contributed by atoms with E-state index in [1.807, 2.05) is 30.3 Å². The van der Waals surface area contributed by atoms with Gasteiger partial charge in [-0.05, 0) is 5.56 Å². The van der Waals surface area contributed by atoms with Crippen molar-refractivity contribution >= 4 is 23.2 Å². The van der Waals surface area contributed by atoms with Crippen LogP contribution in [0.15, 0.2) is 35.7 Å². The highest BCUT2D eigenvalue weighted by Crippen LogP contribution is 2.15. The van der Waals surface area contributed by atoms with E-state index in [1.165, 1.54) is 11.3 Å². The van der Waals surface area contributed by atoms with E-state index in [-0.39, 0.29) is 6.42 Å². The summed E-state index contributed by atoms with van der Waals surface area (Å²) in [5, 5.41) is 6.56. The second-order valence-electron chi connectivity index (χ2n) is 5.24. The Labute approximate surface area is 146 Å². The highest BCUT2D eigenvalue weighted by atomic mass is 32.1. The molecule has 9 heteroatoms. The number of thiazole rings is 1. The molecule has 0 bridgehead atoms. The van der Waals surface area contributed by atoms with Crippen molar-refractivity contribution in [3.05, 3.63) is 52.0 Å². The van der Waals surface area contributed by atoms with Crippen LogP contribution in [-0.2, 0) is 22.4 Å². The molecule has 0 aliphatic rings. The van der Waals surface area contributed by atoms with Gasteiger partial charge in [-0.1, -0.05) is 30.3 Å². The molecule has 1 aromatic carbocycles. The van der Waals surface area contributed by atoms with E-state index < -0.39 is 31.1 Å². The van der Waals surface area contributed by atoms with Crippen LogP contribution >= 0.6 is 11.3 Å². The van der Waals surface area contributed by atoms with Crippen molar-refractivity contribution in [1.29, 1.82) is 0 Å². The molecule has 0 fully saturated rings. The lowest BCUT2D eigenvalue weighted by atomic mass is 10.2. The van der Waals surface area contributed by atoms with Crippen LogP contribution in [0.5, 0.6) is 0 Å². The molecule has 0 saturated heterocycles. The first-order chi connectivity index (χ1) is 11.8. The number of benzene rings is 1. The molecule has 0 aliphatic heterocycles. The molecule has 0 unspecified atom stereocenters. The summed E-state index contributed by atoms with van der Waals surface area (Å²) in [6.45, 7) is -1.92. The lowest BCUT2D eigenvalue weighted by Gasteiger charge is -2.08. The third-order valence-electron chi connectivity index (χ3n) is 3.07. The molecule has 1 aromatic heterocycles. The van der Waals surface area contributed by atoms with Gasteiger partial charge in [-0.15, -0.1) is 11.3 Å². The molecule has 0 atom stereocenters. The second kappa shape index (κ2) is 8.61. The van der Waals surface area contributed by atoms with Crippen LogP contribution in [-0.4, -0.2) is 36.1 Å². The van der Waals surface area contributed by atoms with Gasteiger partial charge in [0.2, 0.25) is 11.8 Å². The van der Waals surface area contributed by atoms with Crippen molar-refractivity contribution < 1.29 is 22.8 Å². The number of amides is 2. The Balaban J connectivity index is 1.75. The van der Waals surface area contributed by atoms with Gasteiger partial charge >= 0.3 is 6.18 Å². The summed E-state index contributed by atoms with van der Waals surface area (Å²) in [4.78, 5) is 27.3. The lowest BCUT2D eigenvalue weighted by Crippen LogP contribution is -2.41.